The van der Waals surface area contributed by atoms with E-state index in [0.29, 0.717) is 0 Å². The number of ether oxygens (including phenoxy) is 1. The molecule has 0 aliphatic carbocycles. The number of morpholine rings is 1. The monoisotopic (exact) mass is 325 g/mol. The van der Waals surface area contributed by atoms with Gasteiger partial charge in [0.25, 0.3) is 9.05 Å². The van der Waals surface area contributed by atoms with E-state index in [-0.39, 0.29) is 31.2 Å². The zero-order valence-electron chi connectivity index (χ0n) is 9.82. The average Bonchev–Trinajstić information content (AvgIpc) is 2.39. The maximum atomic E-state index is 12.4. The van der Waals surface area contributed by atoms with E-state index in [4.69, 9.17) is 15.4 Å². The van der Waals surface area contributed by atoms with Crippen LogP contribution in [0.15, 0.2) is 34.1 Å². The van der Waals surface area contributed by atoms with Crippen LogP contribution in [-0.2, 0) is 23.8 Å². The Hall–Kier alpha value is -0.670. The first-order chi connectivity index (χ1) is 8.83. The lowest BCUT2D eigenvalue weighted by Gasteiger charge is -2.26. The van der Waals surface area contributed by atoms with Gasteiger partial charge in [0.2, 0.25) is 10.0 Å². The average molecular weight is 326 g/mol. The van der Waals surface area contributed by atoms with Gasteiger partial charge in [-0.1, -0.05) is 12.1 Å². The molecule has 0 saturated carbocycles. The molecule has 0 atom stereocenters. The third kappa shape index (κ3) is 3.09. The van der Waals surface area contributed by atoms with Crippen LogP contribution in [0.2, 0.25) is 0 Å². The summed E-state index contributed by atoms with van der Waals surface area (Å²) in [6.45, 7) is 0.960. The van der Waals surface area contributed by atoms with Gasteiger partial charge in [0.05, 0.1) is 13.2 Å². The van der Waals surface area contributed by atoms with Gasteiger partial charge in [0.1, 0.15) is 9.79 Å². The number of nitrogens with zero attached hydrogens (tertiary/aromatic N) is 1. The van der Waals surface area contributed by atoms with Crippen LogP contribution in [0.4, 0.5) is 0 Å². The van der Waals surface area contributed by atoms with Crippen molar-refractivity contribution in [3.05, 3.63) is 24.3 Å². The quantitative estimate of drug-likeness (QED) is 0.762. The summed E-state index contributed by atoms with van der Waals surface area (Å²) >= 11 is 0. The molecule has 0 bridgehead atoms. The summed E-state index contributed by atoms with van der Waals surface area (Å²) in [5.74, 6) is 0. The number of halogens is 1. The number of sulfonamides is 1. The topological polar surface area (TPSA) is 80.8 Å². The predicted octanol–water partition coefficient (Wildman–Crippen LogP) is 0.635. The molecule has 1 aromatic rings. The van der Waals surface area contributed by atoms with Crippen molar-refractivity contribution in [1.29, 1.82) is 0 Å². The van der Waals surface area contributed by atoms with Crippen molar-refractivity contribution < 1.29 is 21.6 Å². The molecule has 0 unspecified atom stereocenters. The van der Waals surface area contributed by atoms with Gasteiger partial charge in [0, 0.05) is 23.8 Å². The molecular weight excluding hydrogens is 314 g/mol. The van der Waals surface area contributed by atoms with Gasteiger partial charge in [-0.15, -0.1) is 0 Å². The summed E-state index contributed by atoms with van der Waals surface area (Å²) in [5, 5.41) is 0. The van der Waals surface area contributed by atoms with E-state index in [0.717, 1.165) is 0 Å². The lowest BCUT2D eigenvalue weighted by Crippen LogP contribution is -2.40. The Labute approximate surface area is 116 Å². The maximum absolute atomic E-state index is 12.4. The molecule has 2 rings (SSSR count). The van der Waals surface area contributed by atoms with Crippen LogP contribution in [0, 0.1) is 0 Å². The Morgan fingerprint density at radius 2 is 1.53 bits per heavy atom. The molecule has 19 heavy (non-hydrogen) atoms. The molecule has 0 aromatic heterocycles. The Kier molecular flexibility index (Phi) is 4.17. The van der Waals surface area contributed by atoms with E-state index in [2.05, 4.69) is 0 Å². The molecule has 1 saturated heterocycles. The second kappa shape index (κ2) is 5.37. The Bertz CT molecular complexity index is 665. The van der Waals surface area contributed by atoms with Crippen molar-refractivity contribution in [2.75, 3.05) is 26.3 Å². The summed E-state index contributed by atoms with van der Waals surface area (Å²) in [5.41, 5.74) is 0. The van der Waals surface area contributed by atoms with Crippen LogP contribution in [0.3, 0.4) is 0 Å². The van der Waals surface area contributed by atoms with Crippen molar-refractivity contribution in [3.8, 4) is 0 Å². The summed E-state index contributed by atoms with van der Waals surface area (Å²) in [4.78, 5) is -0.699. The van der Waals surface area contributed by atoms with Crippen LogP contribution in [0.5, 0.6) is 0 Å². The van der Waals surface area contributed by atoms with E-state index < -0.39 is 24.0 Å². The lowest BCUT2D eigenvalue weighted by atomic mass is 10.4. The molecule has 6 nitrogen and oxygen atoms in total. The minimum absolute atomic E-state index is 0.193. The highest BCUT2D eigenvalue weighted by atomic mass is 35.7. The van der Waals surface area contributed by atoms with Crippen LogP contribution in [0.25, 0.3) is 0 Å². The van der Waals surface area contributed by atoms with Crippen LogP contribution >= 0.6 is 10.7 Å². The van der Waals surface area contributed by atoms with Gasteiger partial charge >= 0.3 is 0 Å². The number of hydrogen-bond donors (Lipinski definition) is 0. The predicted molar refractivity (Wildman–Crippen MR) is 69.1 cm³/mol. The zero-order chi connectivity index (χ0) is 14.1. The first-order valence-electron chi connectivity index (χ1n) is 5.45. The molecule has 1 aliphatic heterocycles. The molecule has 1 aromatic carbocycles. The van der Waals surface area contributed by atoms with Gasteiger partial charge in [0.15, 0.2) is 0 Å². The van der Waals surface area contributed by atoms with E-state index in [1.54, 1.807) is 0 Å². The lowest BCUT2D eigenvalue weighted by molar-refractivity contribution is 0.0729. The first kappa shape index (κ1) is 14.7. The highest BCUT2D eigenvalue weighted by Crippen LogP contribution is 2.26. The molecule has 9 heteroatoms. The Balaban J connectivity index is 2.52. The van der Waals surface area contributed by atoms with Crippen molar-refractivity contribution in [1.82, 2.24) is 4.31 Å². The smallest absolute Gasteiger partial charge is 0.262 e. The summed E-state index contributed by atoms with van der Waals surface area (Å²) < 4.78 is 54.0. The zero-order valence-corrected chi connectivity index (χ0v) is 12.2. The third-order valence-corrected chi connectivity index (χ3v) is 6.17. The maximum Gasteiger partial charge on any atom is 0.262 e. The highest BCUT2D eigenvalue weighted by molar-refractivity contribution is 8.14. The standard InChI is InChI=1S/C10H12ClNO5S2/c11-18(13,14)9-3-1-2-4-10(9)19(15,16)12-5-7-17-8-6-12/h1-4H,5-8H2. The van der Waals surface area contributed by atoms with Gasteiger partial charge in [-0.2, -0.15) is 4.31 Å². The SMILES string of the molecule is O=S(=O)(Cl)c1ccccc1S(=O)(=O)N1CCOCC1. The van der Waals surface area contributed by atoms with Crippen molar-refractivity contribution in [3.63, 3.8) is 0 Å². The second-order valence-corrected chi connectivity index (χ2v) is 8.34. The van der Waals surface area contributed by atoms with Crippen LogP contribution < -0.4 is 0 Å². The number of hydrogen-bond acceptors (Lipinski definition) is 5. The molecule has 1 aliphatic rings. The van der Waals surface area contributed by atoms with Crippen molar-refractivity contribution in [2.45, 2.75) is 9.79 Å². The third-order valence-electron chi connectivity index (χ3n) is 2.70. The molecule has 1 heterocycles. The minimum atomic E-state index is -4.12. The molecule has 0 radical (unpaired) electrons. The van der Waals surface area contributed by atoms with E-state index >= 15 is 0 Å². The normalized spacial score (nSPS) is 18.4. The van der Waals surface area contributed by atoms with E-state index in [1.807, 2.05) is 0 Å². The molecule has 0 amide bonds. The van der Waals surface area contributed by atoms with Gasteiger partial charge in [-0.3, -0.25) is 0 Å². The number of benzene rings is 1. The summed E-state index contributed by atoms with van der Waals surface area (Å²) in [6, 6.07) is 5.29. The fraction of sp³-hybridized carbons (Fsp3) is 0.400. The van der Waals surface area contributed by atoms with E-state index in [1.165, 1.54) is 28.6 Å². The van der Waals surface area contributed by atoms with Gasteiger partial charge in [-0.25, -0.2) is 16.8 Å². The van der Waals surface area contributed by atoms with Gasteiger partial charge < -0.3 is 4.74 Å². The fourth-order valence-corrected chi connectivity index (χ4v) is 5.01. The van der Waals surface area contributed by atoms with Crippen LogP contribution in [0.1, 0.15) is 0 Å². The van der Waals surface area contributed by atoms with Gasteiger partial charge in [-0.05, 0) is 12.1 Å². The first-order valence-corrected chi connectivity index (χ1v) is 9.20. The van der Waals surface area contributed by atoms with Crippen LogP contribution in [-0.4, -0.2) is 47.4 Å². The molecular formula is C10H12ClNO5S2. The molecule has 106 valence electrons. The summed E-state index contributed by atoms with van der Waals surface area (Å²) in [6.07, 6.45) is 0. The Morgan fingerprint density at radius 1 is 1.00 bits per heavy atom. The largest absolute Gasteiger partial charge is 0.379 e. The molecule has 0 N–H and O–H groups in total. The molecule has 1 fully saturated rings. The van der Waals surface area contributed by atoms with Crippen molar-refractivity contribution >= 4 is 29.8 Å². The highest BCUT2D eigenvalue weighted by Gasteiger charge is 2.31. The second-order valence-electron chi connectivity index (χ2n) is 3.90. The molecule has 0 spiro atoms. The minimum Gasteiger partial charge on any atom is -0.379 e. The number of rotatable bonds is 3. The van der Waals surface area contributed by atoms with E-state index in [9.17, 15) is 16.8 Å². The summed E-state index contributed by atoms with van der Waals surface area (Å²) in [7, 11) is -2.73. The Morgan fingerprint density at radius 3 is 2.05 bits per heavy atom. The van der Waals surface area contributed by atoms with Crippen molar-refractivity contribution in [2.24, 2.45) is 0 Å². The fourth-order valence-electron chi connectivity index (χ4n) is 1.79.